The van der Waals surface area contributed by atoms with Crippen molar-refractivity contribution >= 4 is 6.09 Å². The molecule has 0 radical (unpaired) electrons. The number of piperidine rings is 3. The number of ether oxygens (including phenoxy) is 2. The van der Waals surface area contributed by atoms with E-state index in [0.717, 1.165) is 55.8 Å². The largest absolute Gasteiger partial charge is 0.493 e. The first-order valence-corrected chi connectivity index (χ1v) is 11.6. The summed E-state index contributed by atoms with van der Waals surface area (Å²) in [6, 6.07) is 14.9. The van der Waals surface area contributed by atoms with Crippen LogP contribution in [0.3, 0.4) is 0 Å². The van der Waals surface area contributed by atoms with Crippen molar-refractivity contribution < 1.29 is 14.3 Å². The third-order valence-electron chi connectivity index (χ3n) is 7.11. The number of amides is 1. The van der Waals surface area contributed by atoms with E-state index in [1.807, 2.05) is 0 Å². The molecule has 1 unspecified atom stereocenters. The second kappa shape index (κ2) is 8.54. The maximum absolute atomic E-state index is 12.6. The van der Waals surface area contributed by atoms with Crippen molar-refractivity contribution in [3.8, 4) is 16.9 Å². The number of nitrogens with zero attached hydrogens (tertiary/aromatic N) is 1. The van der Waals surface area contributed by atoms with Gasteiger partial charge in [0.1, 0.15) is 11.9 Å². The first kappa shape index (κ1) is 20.4. The quantitative estimate of drug-likeness (QED) is 0.746. The van der Waals surface area contributed by atoms with E-state index in [-0.39, 0.29) is 18.2 Å². The van der Waals surface area contributed by atoms with Crippen LogP contribution in [0, 0.1) is 5.92 Å². The number of rotatable bonds is 4. The number of carbonyl (C=O) groups is 1. The summed E-state index contributed by atoms with van der Waals surface area (Å²) in [5.41, 5.74) is 4.67. The maximum Gasteiger partial charge on any atom is 0.407 e. The molecule has 164 valence electrons. The molecule has 31 heavy (non-hydrogen) atoms. The van der Waals surface area contributed by atoms with Crippen molar-refractivity contribution in [1.29, 1.82) is 0 Å². The Hall–Kier alpha value is -2.53. The van der Waals surface area contributed by atoms with Gasteiger partial charge in [0.15, 0.2) is 0 Å². The van der Waals surface area contributed by atoms with Gasteiger partial charge in [0.05, 0.1) is 12.6 Å². The molecule has 4 heterocycles. The Bertz CT molecular complexity index is 932. The van der Waals surface area contributed by atoms with Crippen LogP contribution in [0.5, 0.6) is 5.75 Å². The molecule has 3 fully saturated rings. The second-order valence-corrected chi connectivity index (χ2v) is 9.45. The summed E-state index contributed by atoms with van der Waals surface area (Å²) in [5.74, 6) is 1.89. The first-order valence-electron chi connectivity index (χ1n) is 11.6. The average molecular weight is 421 g/mol. The van der Waals surface area contributed by atoms with Gasteiger partial charge in [0.2, 0.25) is 0 Å². The number of fused-ring (bicyclic) bond motifs is 4. The van der Waals surface area contributed by atoms with E-state index in [0.29, 0.717) is 18.4 Å². The smallest absolute Gasteiger partial charge is 0.407 e. The lowest BCUT2D eigenvalue weighted by Gasteiger charge is -2.44. The zero-order valence-corrected chi connectivity index (χ0v) is 18.5. The number of carbonyl (C=O) groups excluding carboxylic acids is 1. The third kappa shape index (κ3) is 4.29. The lowest BCUT2D eigenvalue weighted by atomic mass is 9.86. The minimum absolute atomic E-state index is 0.0259. The Morgan fingerprint density at radius 2 is 1.81 bits per heavy atom. The Labute approximate surface area is 184 Å². The summed E-state index contributed by atoms with van der Waals surface area (Å²) in [5, 5.41) is 3.10. The third-order valence-corrected chi connectivity index (χ3v) is 7.11. The van der Waals surface area contributed by atoms with Crippen LogP contribution in [0.15, 0.2) is 42.5 Å². The SMILES string of the molecule is CC(C)c1ccc(-c2ccc3c(c2)OCCC3NC(=O)O[C@H]2CN3CCC2CC3)cc1. The van der Waals surface area contributed by atoms with E-state index in [1.165, 1.54) is 11.1 Å². The van der Waals surface area contributed by atoms with Crippen LogP contribution in [0.4, 0.5) is 4.79 Å². The number of alkyl carbamates (subject to hydrolysis) is 1. The molecule has 5 nitrogen and oxygen atoms in total. The molecule has 5 heteroatoms. The molecule has 2 aromatic rings. The summed E-state index contributed by atoms with van der Waals surface area (Å²) in [4.78, 5) is 15.0. The van der Waals surface area contributed by atoms with Crippen LogP contribution in [0.25, 0.3) is 11.1 Å². The number of nitrogens with one attached hydrogen (secondary N) is 1. The minimum atomic E-state index is -0.301. The van der Waals surface area contributed by atoms with Gasteiger partial charge >= 0.3 is 6.09 Å². The van der Waals surface area contributed by atoms with Crippen molar-refractivity contribution in [3.05, 3.63) is 53.6 Å². The van der Waals surface area contributed by atoms with Crippen LogP contribution < -0.4 is 10.1 Å². The van der Waals surface area contributed by atoms with Gasteiger partial charge in [-0.25, -0.2) is 4.79 Å². The molecule has 4 aliphatic heterocycles. The average Bonchev–Trinajstić information content (AvgIpc) is 2.80. The van der Waals surface area contributed by atoms with E-state index in [1.54, 1.807) is 0 Å². The molecular formula is C26H32N2O3. The van der Waals surface area contributed by atoms with E-state index >= 15 is 0 Å². The molecular weight excluding hydrogens is 388 g/mol. The molecule has 6 rings (SSSR count). The molecule has 2 aromatic carbocycles. The van der Waals surface area contributed by atoms with Crippen LogP contribution in [-0.4, -0.2) is 43.3 Å². The Morgan fingerprint density at radius 1 is 1.06 bits per heavy atom. The van der Waals surface area contributed by atoms with Crippen LogP contribution in [0.2, 0.25) is 0 Å². The molecule has 0 spiro atoms. The molecule has 4 aliphatic rings. The highest BCUT2D eigenvalue weighted by molar-refractivity contribution is 5.70. The molecule has 2 atom stereocenters. The van der Waals surface area contributed by atoms with Crippen molar-refractivity contribution in [2.24, 2.45) is 5.92 Å². The van der Waals surface area contributed by atoms with E-state index in [9.17, 15) is 4.79 Å². The summed E-state index contributed by atoms with van der Waals surface area (Å²) in [6.45, 7) is 8.16. The predicted molar refractivity (Wildman–Crippen MR) is 121 cm³/mol. The molecule has 3 saturated heterocycles. The van der Waals surface area contributed by atoms with Gasteiger partial charge in [-0.15, -0.1) is 0 Å². The van der Waals surface area contributed by atoms with Crippen LogP contribution in [0.1, 0.15) is 56.2 Å². The van der Waals surface area contributed by atoms with Gasteiger partial charge in [-0.05, 0) is 60.5 Å². The fourth-order valence-electron chi connectivity index (χ4n) is 5.14. The summed E-state index contributed by atoms with van der Waals surface area (Å²) >= 11 is 0. The monoisotopic (exact) mass is 420 g/mol. The molecule has 0 aromatic heterocycles. The summed E-state index contributed by atoms with van der Waals surface area (Å²) in [6.07, 6.45) is 2.76. The number of benzene rings is 2. The van der Waals surface area contributed by atoms with Crippen molar-refractivity contribution in [2.45, 2.75) is 51.2 Å². The normalized spacial score (nSPS) is 26.8. The summed E-state index contributed by atoms with van der Waals surface area (Å²) in [7, 11) is 0. The Balaban J connectivity index is 1.27. The van der Waals surface area contributed by atoms with Gasteiger partial charge < -0.3 is 14.8 Å². The van der Waals surface area contributed by atoms with Crippen molar-refractivity contribution in [1.82, 2.24) is 10.2 Å². The van der Waals surface area contributed by atoms with E-state index in [4.69, 9.17) is 9.47 Å². The highest BCUT2D eigenvalue weighted by Gasteiger charge is 2.37. The lowest BCUT2D eigenvalue weighted by Crippen LogP contribution is -2.52. The highest BCUT2D eigenvalue weighted by Crippen LogP contribution is 2.36. The van der Waals surface area contributed by atoms with Gasteiger partial charge in [-0.2, -0.15) is 0 Å². The van der Waals surface area contributed by atoms with Gasteiger partial charge in [-0.1, -0.05) is 50.2 Å². The van der Waals surface area contributed by atoms with Crippen molar-refractivity contribution in [3.63, 3.8) is 0 Å². The van der Waals surface area contributed by atoms with Gasteiger partial charge in [0.25, 0.3) is 0 Å². The molecule has 2 bridgehead atoms. The second-order valence-electron chi connectivity index (χ2n) is 9.45. The van der Waals surface area contributed by atoms with Crippen molar-refractivity contribution in [2.75, 3.05) is 26.2 Å². The van der Waals surface area contributed by atoms with Crippen LogP contribution in [-0.2, 0) is 4.74 Å². The standard InChI is InChI=1S/C26H32N2O3/c1-17(2)18-3-5-19(6-4-18)21-7-8-22-23(11-14-30-24(22)15-21)27-26(29)31-25-16-28-12-9-20(25)10-13-28/h3-8,15,17,20,23,25H,9-14,16H2,1-2H3,(H,27,29)/t23?,25-/m0/s1. The maximum atomic E-state index is 12.6. The fourth-order valence-corrected chi connectivity index (χ4v) is 5.14. The van der Waals surface area contributed by atoms with E-state index in [2.05, 4.69) is 66.5 Å². The van der Waals surface area contributed by atoms with Crippen LogP contribution >= 0.6 is 0 Å². The predicted octanol–water partition coefficient (Wildman–Crippen LogP) is 5.12. The number of hydrogen-bond acceptors (Lipinski definition) is 4. The molecule has 1 amide bonds. The van der Waals surface area contributed by atoms with Gasteiger partial charge in [-0.3, -0.25) is 4.90 Å². The lowest BCUT2D eigenvalue weighted by molar-refractivity contribution is -0.0342. The fraction of sp³-hybridized carbons (Fsp3) is 0.500. The molecule has 1 N–H and O–H groups in total. The summed E-state index contributed by atoms with van der Waals surface area (Å²) < 4.78 is 11.8. The van der Waals surface area contributed by atoms with Gasteiger partial charge in [0, 0.05) is 18.5 Å². The molecule has 0 saturated carbocycles. The topological polar surface area (TPSA) is 50.8 Å². The molecule has 0 aliphatic carbocycles. The zero-order chi connectivity index (χ0) is 21.4. The Kier molecular flexibility index (Phi) is 5.61. The number of hydrogen-bond donors (Lipinski definition) is 1. The first-order chi connectivity index (χ1) is 15.1. The minimum Gasteiger partial charge on any atom is -0.493 e. The van der Waals surface area contributed by atoms with E-state index < -0.39 is 0 Å². The Morgan fingerprint density at radius 3 is 2.48 bits per heavy atom. The highest BCUT2D eigenvalue weighted by atomic mass is 16.6. The zero-order valence-electron chi connectivity index (χ0n) is 18.5.